The Kier molecular flexibility index (Phi) is 8.31. The lowest BCUT2D eigenvalue weighted by Crippen LogP contribution is -2.51. The summed E-state index contributed by atoms with van der Waals surface area (Å²) in [5.74, 6) is -2.20. The van der Waals surface area contributed by atoms with E-state index in [9.17, 15) is 18.0 Å². The topological polar surface area (TPSA) is 79.3 Å². The van der Waals surface area contributed by atoms with Crippen molar-refractivity contribution in [2.45, 2.75) is 44.5 Å². The molecule has 1 N–H and O–H groups in total. The molecule has 3 atom stereocenters. The summed E-state index contributed by atoms with van der Waals surface area (Å²) in [6, 6.07) is 2.20. The Morgan fingerprint density at radius 3 is 2.65 bits per heavy atom. The number of carboxylic acids is 1. The highest BCUT2D eigenvalue weighted by molar-refractivity contribution is 7.07. The number of rotatable bonds is 3. The predicted molar refractivity (Wildman–Crippen MR) is 106 cm³/mol. The van der Waals surface area contributed by atoms with Gasteiger partial charge in [-0.15, -0.1) is 0 Å². The van der Waals surface area contributed by atoms with E-state index in [4.69, 9.17) is 19.5 Å². The molecule has 0 spiro atoms. The van der Waals surface area contributed by atoms with Crippen LogP contribution in [-0.2, 0) is 25.7 Å². The molecule has 7 nitrogen and oxygen atoms in total. The number of likely N-dealkylation sites (tertiary alicyclic amines) is 1. The molecule has 0 aliphatic carbocycles. The van der Waals surface area contributed by atoms with Gasteiger partial charge < -0.3 is 9.84 Å². The van der Waals surface area contributed by atoms with Crippen molar-refractivity contribution in [2.75, 3.05) is 32.8 Å². The van der Waals surface area contributed by atoms with Crippen LogP contribution in [-0.4, -0.2) is 72.1 Å². The zero-order valence-electron chi connectivity index (χ0n) is 17.1. The fraction of sp³-hybridized carbons (Fsp3) is 0.700. The lowest BCUT2D eigenvalue weighted by molar-refractivity contribution is -0.208. The maximum atomic E-state index is 12.7. The zero-order chi connectivity index (χ0) is 22.4. The lowest BCUT2D eigenvalue weighted by atomic mass is 9.83. The van der Waals surface area contributed by atoms with Crippen LogP contribution in [0.15, 0.2) is 16.8 Å². The van der Waals surface area contributed by atoms with Gasteiger partial charge >= 0.3 is 12.1 Å². The second-order valence-corrected chi connectivity index (χ2v) is 8.78. The van der Waals surface area contributed by atoms with Gasteiger partial charge in [-0.3, -0.25) is 14.5 Å². The number of ether oxygens (including phenoxy) is 1. The van der Waals surface area contributed by atoms with E-state index < -0.39 is 12.1 Å². The van der Waals surface area contributed by atoms with Gasteiger partial charge in [-0.25, -0.2) is 9.86 Å². The Labute approximate surface area is 182 Å². The minimum absolute atomic E-state index is 0.0366. The number of hydrogen-bond donors (Lipinski definition) is 1. The Hall–Kier alpha value is -1.69. The molecule has 31 heavy (non-hydrogen) atoms. The average Bonchev–Trinajstić information content (AvgIpc) is 3.26. The fourth-order valence-electron chi connectivity index (χ4n) is 4.14. The molecule has 4 rings (SSSR count). The van der Waals surface area contributed by atoms with Crippen molar-refractivity contribution in [3.8, 4) is 0 Å². The SMILES string of the molecule is O=C(O)C(F)(F)F.O=C([C@H]1CO[C@H]2CCN(Cc3ccsc3)C[C@H]2C1)N1CCCCO1. The quantitative estimate of drug-likeness (QED) is 0.741. The van der Waals surface area contributed by atoms with Gasteiger partial charge in [-0.2, -0.15) is 24.5 Å². The van der Waals surface area contributed by atoms with Gasteiger partial charge in [0.25, 0.3) is 5.91 Å². The maximum absolute atomic E-state index is 12.7. The Morgan fingerprint density at radius 2 is 2.03 bits per heavy atom. The summed E-state index contributed by atoms with van der Waals surface area (Å²) in [6.45, 7) is 5.09. The number of carbonyl (C=O) groups excluding carboxylic acids is 1. The lowest BCUT2D eigenvalue weighted by Gasteiger charge is -2.43. The number of fused-ring (bicyclic) bond motifs is 1. The van der Waals surface area contributed by atoms with E-state index in [0.29, 0.717) is 25.2 Å². The first-order chi connectivity index (χ1) is 14.7. The Bertz CT molecular complexity index is 725. The minimum atomic E-state index is -5.08. The number of aliphatic carboxylic acids is 1. The number of carboxylic acid groups (broad SMARTS) is 1. The molecular weight excluding hydrogens is 437 g/mol. The third-order valence-electron chi connectivity index (χ3n) is 5.67. The Balaban J connectivity index is 0.000000339. The van der Waals surface area contributed by atoms with Crippen LogP contribution in [0.3, 0.4) is 0 Å². The number of amides is 1. The van der Waals surface area contributed by atoms with Crippen LogP contribution in [0.2, 0.25) is 0 Å². The highest BCUT2D eigenvalue weighted by Gasteiger charge is 2.40. The van der Waals surface area contributed by atoms with Gasteiger partial charge in [0.05, 0.1) is 25.2 Å². The van der Waals surface area contributed by atoms with Crippen molar-refractivity contribution in [3.63, 3.8) is 0 Å². The van der Waals surface area contributed by atoms with E-state index in [1.165, 1.54) is 5.56 Å². The maximum Gasteiger partial charge on any atom is 0.490 e. The summed E-state index contributed by atoms with van der Waals surface area (Å²) in [5.41, 5.74) is 1.39. The summed E-state index contributed by atoms with van der Waals surface area (Å²) in [7, 11) is 0. The Morgan fingerprint density at radius 1 is 1.26 bits per heavy atom. The second kappa shape index (κ2) is 10.8. The van der Waals surface area contributed by atoms with E-state index >= 15 is 0 Å². The molecule has 0 unspecified atom stereocenters. The molecule has 1 aromatic rings. The van der Waals surface area contributed by atoms with Gasteiger partial charge in [0, 0.05) is 26.2 Å². The molecule has 1 amide bonds. The molecule has 1 aromatic heterocycles. The van der Waals surface area contributed by atoms with Crippen LogP contribution in [0.1, 0.15) is 31.2 Å². The molecule has 0 bridgehead atoms. The van der Waals surface area contributed by atoms with E-state index in [2.05, 4.69) is 21.7 Å². The summed E-state index contributed by atoms with van der Waals surface area (Å²) in [4.78, 5) is 29.6. The molecular formula is C20H27F3N2O5S. The molecule has 3 aliphatic rings. The van der Waals surface area contributed by atoms with Crippen LogP contribution in [0.25, 0.3) is 0 Å². The smallest absolute Gasteiger partial charge is 0.475 e. The number of piperidine rings is 1. The fourth-order valence-corrected chi connectivity index (χ4v) is 4.80. The summed E-state index contributed by atoms with van der Waals surface area (Å²) in [5, 5.41) is 13.1. The van der Waals surface area contributed by atoms with Crippen LogP contribution < -0.4 is 0 Å². The molecule has 3 aliphatic heterocycles. The van der Waals surface area contributed by atoms with Crippen molar-refractivity contribution >= 4 is 23.2 Å². The van der Waals surface area contributed by atoms with Crippen molar-refractivity contribution in [3.05, 3.63) is 22.4 Å². The summed E-state index contributed by atoms with van der Waals surface area (Å²) < 4.78 is 37.8. The minimum Gasteiger partial charge on any atom is -0.475 e. The van der Waals surface area contributed by atoms with E-state index in [1.54, 1.807) is 16.4 Å². The van der Waals surface area contributed by atoms with Crippen LogP contribution in [0, 0.1) is 11.8 Å². The number of halogens is 3. The zero-order valence-corrected chi connectivity index (χ0v) is 17.9. The molecule has 3 fully saturated rings. The molecule has 0 aromatic carbocycles. The number of alkyl halides is 3. The number of thiophene rings is 1. The third kappa shape index (κ3) is 6.90. The van der Waals surface area contributed by atoms with Crippen molar-refractivity contribution in [1.82, 2.24) is 9.96 Å². The molecule has 0 radical (unpaired) electrons. The molecule has 11 heteroatoms. The highest BCUT2D eigenvalue weighted by Crippen LogP contribution is 2.33. The highest BCUT2D eigenvalue weighted by atomic mass is 32.1. The number of hydrogen-bond acceptors (Lipinski definition) is 6. The first-order valence-corrected chi connectivity index (χ1v) is 11.3. The van der Waals surface area contributed by atoms with Crippen molar-refractivity contribution < 1.29 is 37.4 Å². The number of hydroxylamine groups is 2. The second-order valence-electron chi connectivity index (χ2n) is 8.00. The number of nitrogens with zero attached hydrogens (tertiary/aromatic N) is 2. The van der Waals surface area contributed by atoms with E-state index in [0.717, 1.165) is 51.9 Å². The van der Waals surface area contributed by atoms with E-state index in [1.807, 2.05) is 0 Å². The first-order valence-electron chi connectivity index (χ1n) is 10.3. The van der Waals surface area contributed by atoms with Gasteiger partial charge in [-0.1, -0.05) is 0 Å². The largest absolute Gasteiger partial charge is 0.490 e. The van der Waals surface area contributed by atoms with Crippen LogP contribution in [0.4, 0.5) is 13.2 Å². The van der Waals surface area contributed by atoms with Crippen LogP contribution in [0.5, 0.6) is 0 Å². The van der Waals surface area contributed by atoms with Crippen LogP contribution >= 0.6 is 11.3 Å². The number of carbonyl (C=O) groups is 2. The molecule has 0 saturated carbocycles. The molecule has 4 heterocycles. The van der Waals surface area contributed by atoms with E-state index in [-0.39, 0.29) is 11.8 Å². The summed E-state index contributed by atoms with van der Waals surface area (Å²) >= 11 is 1.76. The van der Waals surface area contributed by atoms with Gasteiger partial charge in [0.2, 0.25) is 0 Å². The third-order valence-corrected chi connectivity index (χ3v) is 6.41. The van der Waals surface area contributed by atoms with Crippen molar-refractivity contribution in [1.29, 1.82) is 0 Å². The first kappa shape index (κ1) is 24.0. The summed E-state index contributed by atoms with van der Waals surface area (Å²) in [6.07, 6.45) is -0.651. The predicted octanol–water partition coefficient (Wildman–Crippen LogP) is 3.16. The van der Waals surface area contributed by atoms with Gasteiger partial charge in [0.15, 0.2) is 0 Å². The molecule has 174 valence electrons. The normalized spacial score (nSPS) is 27.1. The van der Waals surface area contributed by atoms with Gasteiger partial charge in [-0.05, 0) is 54.0 Å². The van der Waals surface area contributed by atoms with Gasteiger partial charge in [0.1, 0.15) is 0 Å². The van der Waals surface area contributed by atoms with Crippen molar-refractivity contribution in [2.24, 2.45) is 11.8 Å². The molecule has 3 saturated heterocycles. The average molecular weight is 465 g/mol. The standard InChI is InChI=1S/C18H26N2O3S.C2HF3O2/c21-18(20-5-1-2-7-23-20)16-9-15-11-19(6-3-17(15)22-12-16)10-14-4-8-24-13-14;3-2(4,5)1(6)7/h4,8,13,15-17H,1-3,5-7,9-12H2;(H,6,7)/t15-,16-,17+;/m1./s1. The monoisotopic (exact) mass is 464 g/mol.